The first-order valence-corrected chi connectivity index (χ1v) is 6.63. The minimum absolute atomic E-state index is 0.195. The number of esters is 1. The second-order valence-corrected chi connectivity index (χ2v) is 4.87. The first-order chi connectivity index (χ1) is 9.10. The number of benzene rings is 1. The molecule has 1 aromatic carbocycles. The number of nitrogens with zero attached hydrogens (tertiary/aromatic N) is 2. The Balaban J connectivity index is 2.03. The third-order valence-electron chi connectivity index (χ3n) is 2.59. The van der Waals surface area contributed by atoms with Crippen LogP contribution in [0.2, 0.25) is 0 Å². The highest BCUT2D eigenvalue weighted by Crippen LogP contribution is 2.20. The van der Waals surface area contributed by atoms with Crippen LogP contribution in [0.1, 0.15) is 22.8 Å². The average molecular weight is 324 g/mol. The number of aryl methyl sites for hydroxylation is 1. The second-order valence-electron chi connectivity index (χ2n) is 4.02. The lowest BCUT2D eigenvalue weighted by molar-refractivity contribution is 0.0471. The van der Waals surface area contributed by atoms with Crippen LogP contribution in [0.4, 0.5) is 5.69 Å². The molecule has 0 atom stereocenters. The maximum absolute atomic E-state index is 11.9. The summed E-state index contributed by atoms with van der Waals surface area (Å²) in [5.74, 6) is -0.413. The number of hydrogen-bond donors (Lipinski definition) is 1. The summed E-state index contributed by atoms with van der Waals surface area (Å²) in [5.41, 5.74) is 7.45. The standard InChI is InChI=1S/C13H14BrN3O2/c1-2-17-7-9(6-16-17)8-19-13(18)11-5-10(15)3-4-12(11)14/h3-7H,2,8,15H2,1H3. The predicted octanol–water partition coefficient (Wildman–Crippen LogP) is 2.60. The number of rotatable bonds is 4. The van der Waals surface area contributed by atoms with Gasteiger partial charge in [-0.05, 0) is 41.1 Å². The van der Waals surface area contributed by atoms with Crippen LogP contribution in [-0.4, -0.2) is 15.7 Å². The Morgan fingerprint density at radius 2 is 2.32 bits per heavy atom. The molecule has 0 unspecified atom stereocenters. The number of nitrogen functional groups attached to an aromatic ring is 1. The summed E-state index contributed by atoms with van der Waals surface area (Å²) in [7, 11) is 0. The van der Waals surface area contributed by atoms with E-state index in [1.54, 1.807) is 29.1 Å². The summed E-state index contributed by atoms with van der Waals surface area (Å²) >= 11 is 3.30. The van der Waals surface area contributed by atoms with Crippen LogP contribution in [-0.2, 0) is 17.9 Å². The van der Waals surface area contributed by atoms with E-state index >= 15 is 0 Å². The number of halogens is 1. The molecule has 0 aliphatic heterocycles. The van der Waals surface area contributed by atoms with Crippen molar-refractivity contribution in [2.24, 2.45) is 0 Å². The Labute approximate surface area is 119 Å². The van der Waals surface area contributed by atoms with E-state index in [0.29, 0.717) is 15.7 Å². The molecular weight excluding hydrogens is 310 g/mol. The molecule has 1 heterocycles. The SMILES string of the molecule is CCn1cc(COC(=O)c2cc(N)ccc2Br)cn1. The Morgan fingerprint density at radius 1 is 1.53 bits per heavy atom. The number of carbonyl (C=O) groups excluding carboxylic acids is 1. The average Bonchev–Trinajstić information content (AvgIpc) is 2.87. The van der Waals surface area contributed by atoms with E-state index in [9.17, 15) is 4.79 Å². The van der Waals surface area contributed by atoms with Crippen LogP contribution < -0.4 is 5.73 Å². The van der Waals surface area contributed by atoms with Gasteiger partial charge in [0.15, 0.2) is 0 Å². The van der Waals surface area contributed by atoms with E-state index in [-0.39, 0.29) is 6.61 Å². The van der Waals surface area contributed by atoms with Gasteiger partial charge in [0, 0.05) is 28.5 Å². The van der Waals surface area contributed by atoms with Crippen molar-refractivity contribution in [3.63, 3.8) is 0 Å². The van der Waals surface area contributed by atoms with Crippen LogP contribution in [0, 0.1) is 0 Å². The van der Waals surface area contributed by atoms with Crippen molar-refractivity contribution in [1.82, 2.24) is 9.78 Å². The molecule has 0 saturated carbocycles. The van der Waals surface area contributed by atoms with Gasteiger partial charge in [-0.1, -0.05) is 0 Å². The monoisotopic (exact) mass is 323 g/mol. The van der Waals surface area contributed by atoms with Crippen LogP contribution in [0.15, 0.2) is 35.1 Å². The topological polar surface area (TPSA) is 70.1 Å². The molecule has 100 valence electrons. The van der Waals surface area contributed by atoms with Crippen LogP contribution in [0.3, 0.4) is 0 Å². The van der Waals surface area contributed by atoms with Gasteiger partial charge in [-0.3, -0.25) is 4.68 Å². The van der Waals surface area contributed by atoms with Crippen molar-refractivity contribution in [3.8, 4) is 0 Å². The van der Waals surface area contributed by atoms with Crippen molar-refractivity contribution >= 4 is 27.6 Å². The number of nitrogens with two attached hydrogens (primary N) is 1. The molecule has 19 heavy (non-hydrogen) atoms. The molecule has 0 radical (unpaired) electrons. The molecule has 0 aliphatic rings. The van der Waals surface area contributed by atoms with Crippen LogP contribution in [0.5, 0.6) is 0 Å². The Hall–Kier alpha value is -1.82. The molecule has 2 rings (SSSR count). The summed E-state index contributed by atoms with van der Waals surface area (Å²) in [5, 5.41) is 4.11. The smallest absolute Gasteiger partial charge is 0.339 e. The molecule has 0 saturated heterocycles. The van der Waals surface area contributed by atoms with E-state index in [1.807, 2.05) is 13.1 Å². The second kappa shape index (κ2) is 5.88. The van der Waals surface area contributed by atoms with Crippen LogP contribution >= 0.6 is 15.9 Å². The van der Waals surface area contributed by atoms with Crippen molar-refractivity contribution < 1.29 is 9.53 Å². The van der Waals surface area contributed by atoms with Gasteiger partial charge in [-0.15, -0.1) is 0 Å². The summed E-state index contributed by atoms with van der Waals surface area (Å²) < 4.78 is 7.67. The van der Waals surface area contributed by atoms with Gasteiger partial charge in [-0.2, -0.15) is 5.10 Å². The van der Waals surface area contributed by atoms with E-state index in [4.69, 9.17) is 10.5 Å². The fourth-order valence-corrected chi connectivity index (χ4v) is 1.99. The molecule has 0 amide bonds. The summed E-state index contributed by atoms with van der Waals surface area (Å²) in [6, 6.07) is 5.02. The number of aromatic nitrogens is 2. The highest BCUT2D eigenvalue weighted by atomic mass is 79.9. The molecule has 1 aromatic heterocycles. The molecule has 0 fully saturated rings. The van der Waals surface area contributed by atoms with Gasteiger partial charge >= 0.3 is 5.97 Å². The van der Waals surface area contributed by atoms with E-state index < -0.39 is 5.97 Å². The Bertz CT molecular complexity index is 595. The lowest BCUT2D eigenvalue weighted by atomic mass is 10.2. The molecule has 6 heteroatoms. The lowest BCUT2D eigenvalue weighted by Crippen LogP contribution is -2.06. The van der Waals surface area contributed by atoms with Gasteiger partial charge < -0.3 is 10.5 Å². The zero-order chi connectivity index (χ0) is 13.8. The Morgan fingerprint density at radius 3 is 3.00 bits per heavy atom. The zero-order valence-electron chi connectivity index (χ0n) is 10.5. The van der Waals surface area contributed by atoms with Crippen molar-refractivity contribution in [2.75, 3.05) is 5.73 Å². The van der Waals surface area contributed by atoms with Gasteiger partial charge in [0.05, 0.1) is 11.8 Å². The van der Waals surface area contributed by atoms with Gasteiger partial charge in [0.25, 0.3) is 0 Å². The molecular formula is C13H14BrN3O2. The Kier molecular flexibility index (Phi) is 4.21. The predicted molar refractivity (Wildman–Crippen MR) is 75.6 cm³/mol. The van der Waals surface area contributed by atoms with Crippen LogP contribution in [0.25, 0.3) is 0 Å². The number of carbonyl (C=O) groups is 1. The first kappa shape index (κ1) is 13.6. The fraction of sp³-hybridized carbons (Fsp3) is 0.231. The fourth-order valence-electron chi connectivity index (χ4n) is 1.58. The largest absolute Gasteiger partial charge is 0.457 e. The van der Waals surface area contributed by atoms with E-state index in [2.05, 4.69) is 21.0 Å². The van der Waals surface area contributed by atoms with Crippen molar-refractivity contribution in [3.05, 3.63) is 46.2 Å². The minimum Gasteiger partial charge on any atom is -0.457 e. The van der Waals surface area contributed by atoms with Gasteiger partial charge in [0.2, 0.25) is 0 Å². The highest BCUT2D eigenvalue weighted by Gasteiger charge is 2.12. The molecule has 2 aromatic rings. The quantitative estimate of drug-likeness (QED) is 0.693. The highest BCUT2D eigenvalue weighted by molar-refractivity contribution is 9.10. The summed E-state index contributed by atoms with van der Waals surface area (Å²) in [4.78, 5) is 11.9. The molecule has 0 bridgehead atoms. The molecule has 0 spiro atoms. The minimum atomic E-state index is -0.413. The summed E-state index contributed by atoms with van der Waals surface area (Å²) in [6.45, 7) is 2.97. The van der Waals surface area contributed by atoms with E-state index in [1.165, 1.54) is 0 Å². The third kappa shape index (κ3) is 3.35. The molecule has 5 nitrogen and oxygen atoms in total. The number of anilines is 1. The van der Waals surface area contributed by atoms with Crippen molar-refractivity contribution in [1.29, 1.82) is 0 Å². The summed E-state index contributed by atoms with van der Waals surface area (Å²) in [6.07, 6.45) is 3.53. The maximum Gasteiger partial charge on any atom is 0.339 e. The zero-order valence-corrected chi connectivity index (χ0v) is 12.1. The molecule has 0 aliphatic carbocycles. The molecule has 2 N–H and O–H groups in total. The third-order valence-corrected chi connectivity index (χ3v) is 3.28. The number of hydrogen-bond acceptors (Lipinski definition) is 4. The van der Waals surface area contributed by atoms with Gasteiger partial charge in [-0.25, -0.2) is 4.79 Å². The van der Waals surface area contributed by atoms with Gasteiger partial charge in [0.1, 0.15) is 6.61 Å². The van der Waals surface area contributed by atoms with Crippen molar-refractivity contribution in [2.45, 2.75) is 20.1 Å². The number of ether oxygens (including phenoxy) is 1. The lowest BCUT2D eigenvalue weighted by Gasteiger charge is -2.06. The van der Waals surface area contributed by atoms with E-state index in [0.717, 1.165) is 12.1 Å². The maximum atomic E-state index is 11.9. The normalized spacial score (nSPS) is 10.4. The first-order valence-electron chi connectivity index (χ1n) is 5.83.